The normalized spacial score (nSPS) is 14.7. The number of hydrogen-bond acceptors (Lipinski definition) is 2. The molecule has 0 saturated heterocycles. The third-order valence-corrected chi connectivity index (χ3v) is 5.29. The summed E-state index contributed by atoms with van der Waals surface area (Å²) in [7, 11) is 0. The monoisotopic (exact) mass is 343 g/mol. The van der Waals surface area contributed by atoms with Crippen LogP contribution in [0.3, 0.4) is 0 Å². The summed E-state index contributed by atoms with van der Waals surface area (Å²) in [4.78, 5) is 2.71. The number of allylic oxidation sites excluding steroid dienone is 1. The molecule has 0 unspecified atom stereocenters. The largest absolute Gasteiger partial charge is 0.192 e. The average molecular weight is 344 g/mol. The maximum atomic E-state index is 9.39. The number of aryl methyl sites for hydroxylation is 2. The molecule has 1 aromatic heterocycles. The fraction of sp³-hybridized carbons (Fsp3) is 0.235. The molecule has 1 heterocycles. The number of nitrogens with zero attached hydrogens (tertiary/aromatic N) is 1. The van der Waals surface area contributed by atoms with E-state index in [1.807, 2.05) is 41.7 Å². The van der Waals surface area contributed by atoms with Gasteiger partial charge in [0.1, 0.15) is 0 Å². The predicted octanol–water partition coefficient (Wildman–Crippen LogP) is 5.45. The second-order valence-electron chi connectivity index (χ2n) is 4.98. The van der Waals surface area contributed by atoms with Crippen molar-refractivity contribution in [3.63, 3.8) is 0 Å². The first-order valence-corrected chi connectivity index (χ1v) is 8.36. The summed E-state index contributed by atoms with van der Waals surface area (Å²) in [5.74, 6) is 0. The van der Waals surface area contributed by atoms with Gasteiger partial charge in [0.05, 0.1) is 11.6 Å². The summed E-state index contributed by atoms with van der Waals surface area (Å²) in [6.45, 7) is 0. The summed E-state index contributed by atoms with van der Waals surface area (Å²) in [6, 6.07) is 12.5. The summed E-state index contributed by atoms with van der Waals surface area (Å²) >= 11 is 5.26. The van der Waals surface area contributed by atoms with Crippen LogP contribution in [-0.4, -0.2) is 0 Å². The van der Waals surface area contributed by atoms with Crippen molar-refractivity contribution in [2.75, 3.05) is 0 Å². The number of nitriles is 1. The number of fused-ring (bicyclic) bond motifs is 1. The lowest BCUT2D eigenvalue weighted by atomic mass is 9.99. The Kier molecular flexibility index (Phi) is 4.05. The van der Waals surface area contributed by atoms with E-state index in [0.717, 1.165) is 15.6 Å². The second-order valence-corrected chi connectivity index (χ2v) is 7.07. The molecule has 0 spiro atoms. The van der Waals surface area contributed by atoms with Crippen LogP contribution in [-0.2, 0) is 12.8 Å². The van der Waals surface area contributed by atoms with E-state index in [2.05, 4.69) is 28.1 Å². The van der Waals surface area contributed by atoms with E-state index in [1.54, 1.807) is 0 Å². The second kappa shape index (κ2) is 5.95. The first kappa shape index (κ1) is 13.6. The molecule has 1 nitrogen and oxygen atoms in total. The Morgan fingerprint density at radius 3 is 2.65 bits per heavy atom. The van der Waals surface area contributed by atoms with Gasteiger partial charge >= 0.3 is 0 Å². The average Bonchev–Trinajstić information content (AvgIpc) is 2.88. The summed E-state index contributed by atoms with van der Waals surface area (Å²) in [5.41, 5.74) is 3.19. The third-order valence-electron chi connectivity index (χ3n) is 3.58. The van der Waals surface area contributed by atoms with Crippen molar-refractivity contribution >= 4 is 38.9 Å². The Morgan fingerprint density at radius 2 is 1.95 bits per heavy atom. The van der Waals surface area contributed by atoms with Gasteiger partial charge in [0.25, 0.3) is 0 Å². The van der Waals surface area contributed by atoms with E-state index < -0.39 is 0 Å². The van der Waals surface area contributed by atoms with Crippen molar-refractivity contribution in [1.29, 1.82) is 5.26 Å². The molecule has 1 aliphatic rings. The van der Waals surface area contributed by atoms with Gasteiger partial charge in [-0.15, -0.1) is 11.3 Å². The minimum absolute atomic E-state index is 0.732. The quantitative estimate of drug-likeness (QED) is 0.664. The van der Waals surface area contributed by atoms with E-state index in [-0.39, 0.29) is 0 Å². The van der Waals surface area contributed by atoms with Gasteiger partial charge in [-0.05, 0) is 61.1 Å². The summed E-state index contributed by atoms with van der Waals surface area (Å²) in [5, 5.41) is 9.39. The molecule has 0 amide bonds. The molecule has 0 atom stereocenters. The van der Waals surface area contributed by atoms with E-state index in [4.69, 9.17) is 0 Å². The molecule has 0 saturated carbocycles. The van der Waals surface area contributed by atoms with Crippen LogP contribution in [0.15, 0.2) is 34.8 Å². The van der Waals surface area contributed by atoms with Crippen molar-refractivity contribution < 1.29 is 0 Å². The van der Waals surface area contributed by atoms with E-state index in [1.165, 1.54) is 41.0 Å². The molecule has 2 aromatic rings. The first-order valence-electron chi connectivity index (χ1n) is 6.75. The van der Waals surface area contributed by atoms with Crippen LogP contribution in [0.4, 0.5) is 0 Å². The zero-order valence-electron chi connectivity index (χ0n) is 11.0. The molecule has 20 heavy (non-hydrogen) atoms. The van der Waals surface area contributed by atoms with Crippen LogP contribution >= 0.6 is 27.3 Å². The molecule has 3 rings (SSSR count). The number of rotatable bonds is 2. The molecule has 0 fully saturated rings. The summed E-state index contributed by atoms with van der Waals surface area (Å²) < 4.78 is 1.03. The van der Waals surface area contributed by atoms with Crippen LogP contribution in [0.1, 0.15) is 33.7 Å². The standard InChI is InChI=1S/C17H14BrNS/c18-15-7-5-12(6-8-15)14(11-19)10-16-9-13-3-1-2-4-17(13)20-16/h5-10H,1-4H2/b14-10-. The van der Waals surface area contributed by atoms with Crippen LogP contribution < -0.4 is 0 Å². The molecule has 1 aliphatic carbocycles. The maximum Gasteiger partial charge on any atom is 0.0998 e. The molecule has 0 aliphatic heterocycles. The Bertz CT molecular complexity index is 665. The topological polar surface area (TPSA) is 23.8 Å². The van der Waals surface area contributed by atoms with Crippen LogP contribution in [0.25, 0.3) is 11.6 Å². The Labute approximate surface area is 131 Å². The van der Waals surface area contributed by atoms with Crippen LogP contribution in [0.5, 0.6) is 0 Å². The van der Waals surface area contributed by atoms with Crippen molar-refractivity contribution in [1.82, 2.24) is 0 Å². The smallest absolute Gasteiger partial charge is 0.0998 e. The van der Waals surface area contributed by atoms with Gasteiger partial charge in [0.15, 0.2) is 0 Å². The maximum absolute atomic E-state index is 9.39. The molecular formula is C17H14BrNS. The Morgan fingerprint density at radius 1 is 1.20 bits per heavy atom. The highest BCUT2D eigenvalue weighted by Gasteiger charge is 2.13. The van der Waals surface area contributed by atoms with Gasteiger partial charge in [0, 0.05) is 14.2 Å². The molecule has 100 valence electrons. The van der Waals surface area contributed by atoms with Gasteiger partial charge < -0.3 is 0 Å². The number of benzene rings is 1. The van der Waals surface area contributed by atoms with Gasteiger partial charge in [-0.3, -0.25) is 0 Å². The predicted molar refractivity (Wildman–Crippen MR) is 88.6 cm³/mol. The molecule has 3 heteroatoms. The highest BCUT2D eigenvalue weighted by molar-refractivity contribution is 9.10. The number of halogens is 1. The lowest BCUT2D eigenvalue weighted by Crippen LogP contribution is -1.96. The fourth-order valence-electron chi connectivity index (χ4n) is 2.54. The SMILES string of the molecule is N#C/C(=C/c1cc2c(s1)CCCC2)c1ccc(Br)cc1. The van der Waals surface area contributed by atoms with Gasteiger partial charge in [0.2, 0.25) is 0 Å². The highest BCUT2D eigenvalue weighted by atomic mass is 79.9. The van der Waals surface area contributed by atoms with Crippen LogP contribution in [0, 0.1) is 11.3 Å². The zero-order valence-corrected chi connectivity index (χ0v) is 13.4. The van der Waals surface area contributed by atoms with Crippen molar-refractivity contribution in [2.45, 2.75) is 25.7 Å². The highest BCUT2D eigenvalue weighted by Crippen LogP contribution is 2.32. The third kappa shape index (κ3) is 2.87. The first-order chi connectivity index (χ1) is 9.76. The van der Waals surface area contributed by atoms with Gasteiger partial charge in [-0.2, -0.15) is 5.26 Å². The lowest BCUT2D eigenvalue weighted by Gasteiger charge is -2.08. The summed E-state index contributed by atoms with van der Waals surface area (Å²) in [6.07, 6.45) is 7.01. The molecule has 1 aromatic carbocycles. The molecular weight excluding hydrogens is 330 g/mol. The van der Waals surface area contributed by atoms with Gasteiger partial charge in [-0.1, -0.05) is 28.1 Å². The van der Waals surface area contributed by atoms with Crippen LogP contribution in [0.2, 0.25) is 0 Å². The molecule has 0 N–H and O–H groups in total. The lowest BCUT2D eigenvalue weighted by molar-refractivity contribution is 0.697. The van der Waals surface area contributed by atoms with Crippen molar-refractivity contribution in [2.24, 2.45) is 0 Å². The number of thiophene rings is 1. The van der Waals surface area contributed by atoms with E-state index >= 15 is 0 Å². The minimum Gasteiger partial charge on any atom is -0.192 e. The Balaban J connectivity index is 1.94. The van der Waals surface area contributed by atoms with Gasteiger partial charge in [-0.25, -0.2) is 0 Å². The van der Waals surface area contributed by atoms with Crippen molar-refractivity contribution in [3.8, 4) is 6.07 Å². The van der Waals surface area contributed by atoms with E-state index in [0.29, 0.717) is 0 Å². The minimum atomic E-state index is 0.732. The fourth-order valence-corrected chi connectivity index (χ4v) is 4.00. The van der Waals surface area contributed by atoms with Crippen molar-refractivity contribution in [3.05, 3.63) is 55.7 Å². The zero-order chi connectivity index (χ0) is 13.9. The molecule has 0 radical (unpaired) electrons. The van der Waals surface area contributed by atoms with E-state index in [9.17, 15) is 5.26 Å². The number of hydrogen-bond donors (Lipinski definition) is 0. The Hall–Kier alpha value is -1.37. The molecule has 0 bridgehead atoms.